The van der Waals surface area contributed by atoms with E-state index in [0.29, 0.717) is 0 Å². The van der Waals surface area contributed by atoms with Crippen LogP contribution in [0.4, 0.5) is 11.4 Å². The molecular formula is C30H27N. The predicted molar refractivity (Wildman–Crippen MR) is 131 cm³/mol. The fourth-order valence-corrected chi connectivity index (χ4v) is 5.84. The third-order valence-corrected chi connectivity index (χ3v) is 7.27. The first kappa shape index (κ1) is 18.4. The zero-order valence-electron chi connectivity index (χ0n) is 17.8. The van der Waals surface area contributed by atoms with E-state index in [1.807, 2.05) is 0 Å². The molecular weight excluding hydrogens is 374 g/mol. The van der Waals surface area contributed by atoms with Crippen LogP contribution in [-0.2, 0) is 5.41 Å². The van der Waals surface area contributed by atoms with Crippen molar-refractivity contribution in [3.05, 3.63) is 108 Å². The molecule has 31 heavy (non-hydrogen) atoms. The first-order valence-electron chi connectivity index (χ1n) is 11.5. The molecule has 1 heteroatoms. The van der Waals surface area contributed by atoms with Crippen molar-refractivity contribution in [3.63, 3.8) is 0 Å². The number of hydrogen-bond donors (Lipinski definition) is 1. The monoisotopic (exact) mass is 401 g/mol. The van der Waals surface area contributed by atoms with Crippen molar-refractivity contribution in [3.8, 4) is 22.3 Å². The highest BCUT2D eigenvalue weighted by molar-refractivity contribution is 5.85. The molecule has 0 amide bonds. The van der Waals surface area contributed by atoms with Gasteiger partial charge in [0.05, 0.1) is 0 Å². The van der Waals surface area contributed by atoms with Gasteiger partial charge < -0.3 is 5.32 Å². The number of para-hydroxylation sites is 1. The lowest BCUT2D eigenvalue weighted by Crippen LogP contribution is -2.28. The van der Waals surface area contributed by atoms with Crippen LogP contribution in [0.25, 0.3) is 22.3 Å². The molecule has 152 valence electrons. The highest BCUT2D eigenvalue weighted by atomic mass is 14.9. The van der Waals surface area contributed by atoms with Gasteiger partial charge >= 0.3 is 0 Å². The highest BCUT2D eigenvalue weighted by Crippen LogP contribution is 2.56. The lowest BCUT2D eigenvalue weighted by Gasteiger charge is -2.36. The summed E-state index contributed by atoms with van der Waals surface area (Å²) in [5.41, 5.74) is 10.9. The fourth-order valence-electron chi connectivity index (χ4n) is 5.84. The Hall–Kier alpha value is -3.32. The van der Waals surface area contributed by atoms with Crippen LogP contribution in [0.15, 0.2) is 97.1 Å². The smallest absolute Gasteiger partial charge is 0.0463 e. The Balaban J connectivity index is 1.43. The summed E-state index contributed by atoms with van der Waals surface area (Å²) in [5, 5.41) is 3.75. The first-order valence-corrected chi connectivity index (χ1v) is 11.5. The second kappa shape index (κ2) is 7.42. The van der Waals surface area contributed by atoms with Gasteiger partial charge in [-0.2, -0.15) is 0 Å². The maximum Gasteiger partial charge on any atom is 0.0463 e. The van der Waals surface area contributed by atoms with Gasteiger partial charge in [-0.25, -0.2) is 0 Å². The summed E-state index contributed by atoms with van der Waals surface area (Å²) in [6.45, 7) is 0. The van der Waals surface area contributed by atoms with Gasteiger partial charge in [-0.1, -0.05) is 98.1 Å². The van der Waals surface area contributed by atoms with Crippen LogP contribution in [0.1, 0.15) is 43.2 Å². The summed E-state index contributed by atoms with van der Waals surface area (Å²) in [4.78, 5) is 0. The van der Waals surface area contributed by atoms with E-state index in [9.17, 15) is 0 Å². The van der Waals surface area contributed by atoms with Crippen molar-refractivity contribution in [1.29, 1.82) is 0 Å². The molecule has 4 aromatic carbocycles. The Kier molecular flexibility index (Phi) is 4.42. The van der Waals surface area contributed by atoms with E-state index in [1.54, 1.807) is 5.56 Å². The number of anilines is 2. The Labute approximate surface area is 184 Å². The quantitative estimate of drug-likeness (QED) is 0.364. The Morgan fingerprint density at radius 1 is 0.548 bits per heavy atom. The van der Waals surface area contributed by atoms with Gasteiger partial charge in [0.2, 0.25) is 0 Å². The van der Waals surface area contributed by atoms with E-state index >= 15 is 0 Å². The molecule has 4 aromatic rings. The van der Waals surface area contributed by atoms with Gasteiger partial charge in [0, 0.05) is 22.4 Å². The van der Waals surface area contributed by atoms with Crippen LogP contribution in [0.3, 0.4) is 0 Å². The van der Waals surface area contributed by atoms with Crippen molar-refractivity contribution in [2.24, 2.45) is 0 Å². The number of rotatable bonds is 3. The maximum atomic E-state index is 3.75. The topological polar surface area (TPSA) is 12.0 Å². The van der Waals surface area contributed by atoms with Crippen molar-refractivity contribution < 1.29 is 0 Å². The minimum absolute atomic E-state index is 0.195. The number of benzene rings is 4. The van der Waals surface area contributed by atoms with Crippen LogP contribution in [-0.4, -0.2) is 0 Å². The Bertz CT molecular complexity index is 1230. The molecule has 0 atom stereocenters. The molecule has 0 aromatic heterocycles. The molecule has 0 bridgehead atoms. The summed E-state index contributed by atoms with van der Waals surface area (Å²) >= 11 is 0. The zero-order valence-corrected chi connectivity index (χ0v) is 17.8. The average Bonchev–Trinajstić information content (AvgIpc) is 3.10. The van der Waals surface area contributed by atoms with Crippen LogP contribution in [0.2, 0.25) is 0 Å². The van der Waals surface area contributed by atoms with Crippen LogP contribution < -0.4 is 5.32 Å². The van der Waals surface area contributed by atoms with Gasteiger partial charge in [-0.05, 0) is 58.9 Å². The summed E-state index contributed by atoms with van der Waals surface area (Å²) < 4.78 is 0. The summed E-state index contributed by atoms with van der Waals surface area (Å²) in [6, 6.07) is 35.4. The van der Waals surface area contributed by atoms with E-state index in [0.717, 1.165) is 5.69 Å². The molecule has 1 fully saturated rings. The third kappa shape index (κ3) is 2.99. The highest BCUT2D eigenvalue weighted by Gasteiger charge is 2.43. The summed E-state index contributed by atoms with van der Waals surface area (Å²) in [5.74, 6) is 0. The van der Waals surface area contributed by atoms with Gasteiger partial charge in [0.15, 0.2) is 0 Å². The van der Waals surface area contributed by atoms with Gasteiger partial charge in [0.25, 0.3) is 0 Å². The number of hydrogen-bond acceptors (Lipinski definition) is 1. The fraction of sp³-hybridized carbons (Fsp3) is 0.200. The SMILES string of the molecule is c1ccc(-c2ccccc2Nc2ccc3c(c2)C2(CCCCC2)c2ccccc2-3)cc1. The molecule has 2 aliphatic carbocycles. The molecule has 1 spiro atoms. The molecule has 1 saturated carbocycles. The standard InChI is InChI=1S/C30H27N/c1-3-11-22(12-4-1)24-13-6-8-16-29(24)31-23-17-18-26-25-14-5-7-15-27(25)30(28(26)21-23)19-9-2-10-20-30/h1,3-8,11-18,21,31H,2,9-10,19-20H2. The van der Waals surface area contributed by atoms with E-state index in [2.05, 4.69) is 102 Å². The lowest BCUT2D eigenvalue weighted by molar-refractivity contribution is 0.353. The lowest BCUT2D eigenvalue weighted by atomic mass is 9.68. The molecule has 1 nitrogen and oxygen atoms in total. The molecule has 0 unspecified atom stereocenters. The molecule has 0 aliphatic heterocycles. The van der Waals surface area contributed by atoms with Gasteiger partial charge in [-0.15, -0.1) is 0 Å². The normalized spacial score (nSPS) is 16.0. The largest absolute Gasteiger partial charge is 0.355 e. The van der Waals surface area contributed by atoms with Crippen LogP contribution in [0, 0.1) is 0 Å². The first-order chi connectivity index (χ1) is 15.4. The van der Waals surface area contributed by atoms with Crippen molar-refractivity contribution in [2.75, 3.05) is 5.32 Å². The summed E-state index contributed by atoms with van der Waals surface area (Å²) in [6.07, 6.45) is 6.54. The molecule has 1 N–H and O–H groups in total. The minimum atomic E-state index is 0.195. The second-order valence-corrected chi connectivity index (χ2v) is 8.99. The summed E-state index contributed by atoms with van der Waals surface area (Å²) in [7, 11) is 0. The number of nitrogens with one attached hydrogen (secondary N) is 1. The molecule has 6 rings (SSSR count). The molecule has 0 radical (unpaired) electrons. The van der Waals surface area contributed by atoms with Gasteiger partial charge in [-0.3, -0.25) is 0 Å². The van der Waals surface area contributed by atoms with Crippen molar-refractivity contribution >= 4 is 11.4 Å². The second-order valence-electron chi connectivity index (χ2n) is 8.99. The molecule has 0 saturated heterocycles. The van der Waals surface area contributed by atoms with Gasteiger partial charge in [0.1, 0.15) is 0 Å². The minimum Gasteiger partial charge on any atom is -0.355 e. The Morgan fingerprint density at radius 3 is 2.06 bits per heavy atom. The zero-order chi connectivity index (χ0) is 20.7. The third-order valence-electron chi connectivity index (χ3n) is 7.27. The maximum absolute atomic E-state index is 3.75. The van der Waals surface area contributed by atoms with Crippen LogP contribution >= 0.6 is 0 Å². The van der Waals surface area contributed by atoms with Crippen molar-refractivity contribution in [2.45, 2.75) is 37.5 Å². The van der Waals surface area contributed by atoms with E-state index in [1.165, 1.54) is 65.6 Å². The molecule has 0 heterocycles. The van der Waals surface area contributed by atoms with E-state index < -0.39 is 0 Å². The van der Waals surface area contributed by atoms with E-state index in [-0.39, 0.29) is 5.41 Å². The van der Waals surface area contributed by atoms with Crippen LogP contribution in [0.5, 0.6) is 0 Å². The number of fused-ring (bicyclic) bond motifs is 5. The van der Waals surface area contributed by atoms with Crippen molar-refractivity contribution in [1.82, 2.24) is 0 Å². The predicted octanol–water partition coefficient (Wildman–Crippen LogP) is 8.33. The average molecular weight is 402 g/mol. The molecule has 2 aliphatic rings. The Morgan fingerprint density at radius 2 is 1.23 bits per heavy atom. The van der Waals surface area contributed by atoms with E-state index in [4.69, 9.17) is 0 Å².